The first kappa shape index (κ1) is 35.5. The van der Waals surface area contributed by atoms with Gasteiger partial charge in [-0.25, -0.2) is 13.2 Å². The number of nitrogens with one attached hydrogen (secondary N) is 1. The SMILES string of the molecule is O=C(CCOCCOCCOCCOCC[n+]1cc(COCCOCCOCCO)n[nH]1)Oc1c(F)cc(F)cc1F. The third-order valence-electron chi connectivity index (χ3n) is 5.08. The Labute approximate surface area is 241 Å². The average Bonchev–Trinajstić information content (AvgIpc) is 3.41. The van der Waals surface area contributed by atoms with E-state index in [9.17, 15) is 18.0 Å². The van der Waals surface area contributed by atoms with E-state index in [2.05, 4.69) is 15.0 Å². The highest BCUT2D eigenvalue weighted by atomic mass is 19.1. The van der Waals surface area contributed by atoms with Crippen molar-refractivity contribution in [3.05, 3.63) is 41.5 Å². The highest BCUT2D eigenvalue weighted by Crippen LogP contribution is 2.23. The van der Waals surface area contributed by atoms with Crippen LogP contribution in [0.1, 0.15) is 12.1 Å². The van der Waals surface area contributed by atoms with Crippen LogP contribution in [0.3, 0.4) is 0 Å². The topological polar surface area (TPSA) is 144 Å². The number of halogens is 3. The first-order chi connectivity index (χ1) is 20.5. The van der Waals surface area contributed by atoms with Gasteiger partial charge in [0, 0.05) is 17.2 Å². The van der Waals surface area contributed by atoms with Gasteiger partial charge in [-0.1, -0.05) is 5.21 Å². The number of aliphatic hydroxyl groups excluding tert-OH is 1. The van der Waals surface area contributed by atoms with E-state index in [4.69, 9.17) is 38.3 Å². The van der Waals surface area contributed by atoms with Crippen LogP contribution in [0.2, 0.25) is 0 Å². The quantitative estimate of drug-likeness (QED) is 0.0673. The number of aliphatic hydroxyl groups is 1. The fourth-order valence-corrected chi connectivity index (χ4v) is 3.10. The van der Waals surface area contributed by atoms with Crippen molar-refractivity contribution in [2.24, 2.45) is 0 Å². The maximum atomic E-state index is 13.5. The fraction of sp³-hybridized carbons (Fsp3) is 0.654. The number of carbonyl (C=O) groups is 1. The van der Waals surface area contributed by atoms with E-state index in [1.165, 1.54) is 0 Å². The summed E-state index contributed by atoms with van der Waals surface area (Å²) in [6.07, 6.45) is 1.60. The summed E-state index contributed by atoms with van der Waals surface area (Å²) in [5.74, 6) is -5.56. The Balaban J connectivity index is 1.33. The lowest BCUT2D eigenvalue weighted by Crippen LogP contribution is -2.37. The second kappa shape index (κ2) is 22.8. The maximum Gasteiger partial charge on any atom is 0.313 e. The number of hydrogen-bond donors (Lipinski definition) is 2. The zero-order chi connectivity index (χ0) is 30.3. The molecular formula is C26H39F3N3O10+. The Morgan fingerprint density at radius 1 is 0.738 bits per heavy atom. The molecule has 2 rings (SSSR count). The van der Waals surface area contributed by atoms with Crippen molar-refractivity contribution in [3.8, 4) is 5.75 Å². The summed E-state index contributed by atoms with van der Waals surface area (Å²) in [7, 11) is 0. The van der Waals surface area contributed by atoms with E-state index >= 15 is 0 Å². The van der Waals surface area contributed by atoms with Gasteiger partial charge in [0.15, 0.2) is 17.8 Å². The van der Waals surface area contributed by atoms with Crippen LogP contribution in [-0.2, 0) is 51.1 Å². The van der Waals surface area contributed by atoms with Gasteiger partial charge in [0.05, 0.1) is 98.9 Å². The molecule has 0 saturated heterocycles. The van der Waals surface area contributed by atoms with Crippen LogP contribution in [-0.4, -0.2) is 114 Å². The van der Waals surface area contributed by atoms with E-state index in [-0.39, 0.29) is 32.8 Å². The molecule has 238 valence electrons. The number of aromatic amines is 1. The van der Waals surface area contributed by atoms with Crippen molar-refractivity contribution >= 4 is 5.97 Å². The molecule has 0 fully saturated rings. The Bertz CT molecular complexity index is 979. The van der Waals surface area contributed by atoms with Crippen LogP contribution in [0.4, 0.5) is 13.2 Å². The van der Waals surface area contributed by atoms with Crippen molar-refractivity contribution in [2.75, 3.05) is 92.5 Å². The number of benzene rings is 1. The predicted octanol–water partition coefficient (Wildman–Crippen LogP) is 0.719. The first-order valence-corrected chi connectivity index (χ1v) is 13.4. The summed E-state index contributed by atoms with van der Waals surface area (Å²) in [5.41, 5.74) is 0.757. The molecule has 0 amide bonds. The normalized spacial score (nSPS) is 11.3. The summed E-state index contributed by atoms with van der Waals surface area (Å²) in [5, 5.41) is 15.6. The summed E-state index contributed by atoms with van der Waals surface area (Å²) >= 11 is 0. The maximum absolute atomic E-state index is 13.5. The molecule has 42 heavy (non-hydrogen) atoms. The van der Waals surface area contributed by atoms with Crippen molar-refractivity contribution in [2.45, 2.75) is 19.6 Å². The molecule has 16 heteroatoms. The standard InChI is InChI=1S/C26H38F3N3O10/c27-21-17-23(28)26(24(29)18-21)42-25(34)1-4-35-7-10-38-13-14-39-11-8-36-5-2-32-19-22(30-31-32)20-41-16-15-40-12-9-37-6-3-33/h17-19,33H,1-16,20H2/p+1. The van der Waals surface area contributed by atoms with Gasteiger partial charge in [0.25, 0.3) is 0 Å². The van der Waals surface area contributed by atoms with Crippen LogP contribution < -0.4 is 9.42 Å². The summed E-state index contributed by atoms with van der Waals surface area (Å²) < 4.78 is 83.6. The van der Waals surface area contributed by atoms with E-state index in [0.717, 1.165) is 5.69 Å². The summed E-state index contributed by atoms with van der Waals surface area (Å²) in [6, 6.07) is 0.848. The van der Waals surface area contributed by atoms with Crippen molar-refractivity contribution in [1.82, 2.24) is 10.3 Å². The molecule has 0 aliphatic rings. The molecule has 1 heterocycles. The molecule has 0 radical (unpaired) electrons. The lowest BCUT2D eigenvalue weighted by molar-refractivity contribution is -0.754. The molecule has 13 nitrogen and oxygen atoms in total. The highest BCUT2D eigenvalue weighted by molar-refractivity contribution is 5.72. The molecule has 0 aliphatic carbocycles. The number of aromatic nitrogens is 3. The second-order valence-corrected chi connectivity index (χ2v) is 8.40. The van der Waals surface area contributed by atoms with Gasteiger partial charge in [0.1, 0.15) is 19.0 Å². The van der Waals surface area contributed by atoms with E-state index in [1.54, 1.807) is 4.68 Å². The van der Waals surface area contributed by atoms with Gasteiger partial charge in [-0.05, 0) is 0 Å². The largest absolute Gasteiger partial charge is 0.420 e. The minimum absolute atomic E-state index is 0.00141. The molecule has 2 aromatic rings. The zero-order valence-corrected chi connectivity index (χ0v) is 23.4. The minimum Gasteiger partial charge on any atom is -0.420 e. The van der Waals surface area contributed by atoms with Gasteiger partial charge in [-0.2, -0.15) is 4.68 Å². The molecule has 0 aliphatic heterocycles. The number of carbonyl (C=O) groups excluding carboxylic acids is 1. The molecule has 0 atom stereocenters. The van der Waals surface area contributed by atoms with Crippen LogP contribution in [0.5, 0.6) is 5.75 Å². The van der Waals surface area contributed by atoms with Crippen LogP contribution in [0.25, 0.3) is 0 Å². The number of nitrogens with zero attached hydrogens (tertiary/aromatic N) is 2. The Morgan fingerprint density at radius 2 is 1.24 bits per heavy atom. The third-order valence-corrected chi connectivity index (χ3v) is 5.08. The fourth-order valence-electron chi connectivity index (χ4n) is 3.10. The Morgan fingerprint density at radius 3 is 1.81 bits per heavy atom. The molecule has 1 aromatic heterocycles. The number of esters is 1. The van der Waals surface area contributed by atoms with Crippen LogP contribution in [0, 0.1) is 17.5 Å². The smallest absolute Gasteiger partial charge is 0.313 e. The van der Waals surface area contributed by atoms with Gasteiger partial charge in [-0.3, -0.25) is 4.79 Å². The van der Waals surface area contributed by atoms with Gasteiger partial charge < -0.3 is 43.0 Å². The number of ether oxygens (including phenoxy) is 8. The average molecular weight is 611 g/mol. The predicted molar refractivity (Wildman–Crippen MR) is 137 cm³/mol. The van der Waals surface area contributed by atoms with Crippen LogP contribution >= 0.6 is 0 Å². The Kier molecular flexibility index (Phi) is 19.3. The molecule has 2 N–H and O–H groups in total. The third kappa shape index (κ3) is 16.7. The lowest BCUT2D eigenvalue weighted by Gasteiger charge is -2.08. The molecule has 0 unspecified atom stereocenters. The van der Waals surface area contributed by atoms with E-state index in [0.29, 0.717) is 91.4 Å². The minimum atomic E-state index is -1.30. The summed E-state index contributed by atoms with van der Waals surface area (Å²) in [4.78, 5) is 11.7. The first-order valence-electron chi connectivity index (χ1n) is 13.4. The second-order valence-electron chi connectivity index (χ2n) is 8.40. The monoisotopic (exact) mass is 610 g/mol. The van der Waals surface area contributed by atoms with E-state index in [1.807, 2.05) is 6.20 Å². The summed E-state index contributed by atoms with van der Waals surface area (Å²) in [6.45, 7) is 5.44. The molecule has 0 bridgehead atoms. The number of H-pyrrole nitrogens is 1. The molecular weight excluding hydrogens is 571 g/mol. The van der Waals surface area contributed by atoms with Crippen molar-refractivity contribution < 1.29 is 65.6 Å². The zero-order valence-electron chi connectivity index (χ0n) is 23.4. The van der Waals surface area contributed by atoms with Crippen LogP contribution in [0.15, 0.2) is 18.3 Å². The molecule has 1 aromatic carbocycles. The Hall–Kier alpha value is -2.70. The van der Waals surface area contributed by atoms with Crippen molar-refractivity contribution in [1.29, 1.82) is 0 Å². The van der Waals surface area contributed by atoms with E-state index < -0.39 is 29.2 Å². The molecule has 0 spiro atoms. The molecule has 0 saturated carbocycles. The number of rotatable bonds is 26. The van der Waals surface area contributed by atoms with Gasteiger partial charge in [0.2, 0.25) is 11.4 Å². The van der Waals surface area contributed by atoms with Gasteiger partial charge in [-0.15, -0.1) is 0 Å². The highest BCUT2D eigenvalue weighted by Gasteiger charge is 2.16. The van der Waals surface area contributed by atoms with Crippen molar-refractivity contribution in [3.63, 3.8) is 0 Å². The number of hydrogen-bond acceptors (Lipinski definition) is 11. The lowest BCUT2D eigenvalue weighted by atomic mass is 10.3. The van der Waals surface area contributed by atoms with Gasteiger partial charge >= 0.3 is 5.97 Å².